The van der Waals surface area contributed by atoms with E-state index in [1.165, 1.54) is 23.1 Å². The number of benzene rings is 1. The molecule has 1 amide bonds. The van der Waals surface area contributed by atoms with Gasteiger partial charge in [-0.15, -0.1) is 21.5 Å². The average molecular weight is 414 g/mol. The molecule has 0 aliphatic carbocycles. The van der Waals surface area contributed by atoms with E-state index < -0.39 is 0 Å². The Morgan fingerprint density at radius 3 is 2.79 bits per heavy atom. The summed E-state index contributed by atoms with van der Waals surface area (Å²) in [7, 11) is 1.86. The summed E-state index contributed by atoms with van der Waals surface area (Å²) in [4.78, 5) is 18.0. The van der Waals surface area contributed by atoms with Gasteiger partial charge in [0.05, 0.1) is 10.9 Å². The molecule has 3 aromatic heterocycles. The van der Waals surface area contributed by atoms with Gasteiger partial charge in [-0.05, 0) is 32.9 Å². The van der Waals surface area contributed by atoms with Crippen molar-refractivity contribution in [2.45, 2.75) is 31.2 Å². The van der Waals surface area contributed by atoms with Crippen molar-refractivity contribution in [2.75, 3.05) is 5.32 Å². The molecule has 0 aliphatic rings. The maximum atomic E-state index is 12.5. The fourth-order valence-electron chi connectivity index (χ4n) is 2.67. The number of aromatic nitrogens is 4. The number of carbonyl (C=O) groups is 1. The lowest BCUT2D eigenvalue weighted by molar-refractivity contribution is -0.115. The first-order valence-corrected chi connectivity index (χ1v) is 10.4. The third-order valence-corrected chi connectivity index (χ3v) is 6.51. The zero-order chi connectivity index (χ0) is 19.8. The number of aryl methyl sites for hydroxylation is 2. The zero-order valence-corrected chi connectivity index (χ0v) is 17.5. The highest BCUT2D eigenvalue weighted by Gasteiger charge is 2.21. The number of carbonyl (C=O) groups excluding carboxylic acids is 1. The van der Waals surface area contributed by atoms with Crippen LogP contribution >= 0.6 is 23.1 Å². The SMILES string of the molecule is Cc1nc(NC(=O)[C@H](C)Sc2nnc(-c3cc4ccccc4o3)n2C)sc1C. The molecule has 1 N–H and O–H groups in total. The standard InChI is InChI=1S/C19H19N5O2S2/c1-10-11(2)27-18(20-10)21-17(25)12(3)28-19-23-22-16(24(19)4)15-9-13-7-5-6-8-14(13)26-15/h5-9,12H,1-4H3,(H,20,21,25)/t12-/m0/s1. The number of thioether (sulfide) groups is 1. The number of amides is 1. The van der Waals surface area contributed by atoms with Crippen LogP contribution in [0.3, 0.4) is 0 Å². The van der Waals surface area contributed by atoms with Crippen LogP contribution in [-0.2, 0) is 11.8 Å². The van der Waals surface area contributed by atoms with E-state index in [-0.39, 0.29) is 11.2 Å². The van der Waals surface area contributed by atoms with Gasteiger partial charge in [-0.25, -0.2) is 4.98 Å². The zero-order valence-electron chi connectivity index (χ0n) is 15.9. The fourth-order valence-corrected chi connectivity index (χ4v) is 4.30. The van der Waals surface area contributed by atoms with Crippen molar-refractivity contribution < 1.29 is 9.21 Å². The molecule has 0 unspecified atom stereocenters. The number of nitrogens with one attached hydrogen (secondary N) is 1. The lowest BCUT2D eigenvalue weighted by Crippen LogP contribution is -2.22. The molecule has 144 valence electrons. The van der Waals surface area contributed by atoms with E-state index in [0.29, 0.717) is 21.9 Å². The third kappa shape index (κ3) is 3.55. The van der Waals surface area contributed by atoms with Gasteiger partial charge in [0.1, 0.15) is 5.58 Å². The molecular weight excluding hydrogens is 394 g/mol. The molecule has 0 fully saturated rings. The second-order valence-electron chi connectivity index (χ2n) is 6.42. The van der Waals surface area contributed by atoms with Gasteiger partial charge >= 0.3 is 0 Å². The van der Waals surface area contributed by atoms with Crippen molar-refractivity contribution in [1.29, 1.82) is 0 Å². The van der Waals surface area contributed by atoms with E-state index >= 15 is 0 Å². The summed E-state index contributed by atoms with van der Waals surface area (Å²) >= 11 is 2.82. The molecule has 0 bridgehead atoms. The minimum Gasteiger partial charge on any atom is -0.453 e. The Labute approximate surface area is 170 Å². The molecule has 4 rings (SSSR count). The Bertz CT molecular complexity index is 1110. The van der Waals surface area contributed by atoms with Crippen molar-refractivity contribution in [3.63, 3.8) is 0 Å². The Morgan fingerprint density at radius 1 is 1.29 bits per heavy atom. The molecule has 0 radical (unpaired) electrons. The molecule has 3 heterocycles. The smallest absolute Gasteiger partial charge is 0.239 e. The fraction of sp³-hybridized carbons (Fsp3) is 0.263. The largest absolute Gasteiger partial charge is 0.453 e. The average Bonchev–Trinajstić information content (AvgIpc) is 3.33. The topological polar surface area (TPSA) is 85.8 Å². The van der Waals surface area contributed by atoms with Gasteiger partial charge in [0.25, 0.3) is 0 Å². The maximum Gasteiger partial charge on any atom is 0.239 e. The quantitative estimate of drug-likeness (QED) is 0.488. The lowest BCUT2D eigenvalue weighted by Gasteiger charge is -2.09. The molecule has 1 aromatic carbocycles. The van der Waals surface area contributed by atoms with Gasteiger partial charge in [0, 0.05) is 17.3 Å². The molecular formula is C19H19N5O2S2. The molecule has 0 saturated heterocycles. The highest BCUT2D eigenvalue weighted by atomic mass is 32.2. The molecule has 9 heteroatoms. The van der Waals surface area contributed by atoms with Crippen molar-refractivity contribution >= 4 is 45.1 Å². The van der Waals surface area contributed by atoms with Gasteiger partial charge in [0.15, 0.2) is 21.9 Å². The number of para-hydroxylation sites is 1. The monoisotopic (exact) mass is 413 g/mol. The van der Waals surface area contributed by atoms with E-state index in [4.69, 9.17) is 4.42 Å². The van der Waals surface area contributed by atoms with Crippen LogP contribution < -0.4 is 5.32 Å². The van der Waals surface area contributed by atoms with Crippen LogP contribution in [0, 0.1) is 13.8 Å². The molecule has 7 nitrogen and oxygen atoms in total. The van der Waals surface area contributed by atoms with Gasteiger partial charge in [0.2, 0.25) is 5.91 Å². The van der Waals surface area contributed by atoms with Crippen molar-refractivity contribution in [2.24, 2.45) is 7.05 Å². The number of furan rings is 1. The van der Waals surface area contributed by atoms with Crippen LogP contribution in [-0.4, -0.2) is 30.9 Å². The predicted molar refractivity (Wildman–Crippen MR) is 112 cm³/mol. The van der Waals surface area contributed by atoms with E-state index in [1.807, 2.05) is 62.7 Å². The van der Waals surface area contributed by atoms with Crippen LogP contribution in [0.15, 0.2) is 39.9 Å². The predicted octanol–water partition coefficient (Wildman–Crippen LogP) is 4.42. The highest BCUT2D eigenvalue weighted by Crippen LogP contribution is 2.30. The first-order chi connectivity index (χ1) is 13.4. The van der Waals surface area contributed by atoms with Gasteiger partial charge in [-0.3, -0.25) is 4.79 Å². The van der Waals surface area contributed by atoms with Gasteiger partial charge < -0.3 is 14.3 Å². The van der Waals surface area contributed by atoms with Crippen LogP contribution in [0.5, 0.6) is 0 Å². The Balaban J connectivity index is 1.50. The van der Waals surface area contributed by atoms with Crippen molar-refractivity contribution in [3.05, 3.63) is 40.9 Å². The number of hydrogen-bond acceptors (Lipinski definition) is 7. The molecule has 1 atom stereocenters. The summed E-state index contributed by atoms with van der Waals surface area (Å²) in [5.74, 6) is 1.15. The summed E-state index contributed by atoms with van der Waals surface area (Å²) in [5.41, 5.74) is 1.74. The van der Waals surface area contributed by atoms with E-state index in [2.05, 4.69) is 20.5 Å². The highest BCUT2D eigenvalue weighted by molar-refractivity contribution is 8.00. The minimum atomic E-state index is -0.351. The first-order valence-electron chi connectivity index (χ1n) is 8.72. The van der Waals surface area contributed by atoms with Gasteiger partial charge in [-0.2, -0.15) is 0 Å². The van der Waals surface area contributed by atoms with Crippen LogP contribution in [0.2, 0.25) is 0 Å². The van der Waals surface area contributed by atoms with E-state index in [0.717, 1.165) is 21.5 Å². The van der Waals surface area contributed by atoms with Crippen LogP contribution in [0.25, 0.3) is 22.6 Å². The number of thiazole rings is 1. The Hall–Kier alpha value is -2.65. The van der Waals surface area contributed by atoms with Crippen LogP contribution in [0.1, 0.15) is 17.5 Å². The van der Waals surface area contributed by atoms with Crippen molar-refractivity contribution in [3.8, 4) is 11.6 Å². The van der Waals surface area contributed by atoms with E-state index in [9.17, 15) is 4.79 Å². The second-order valence-corrected chi connectivity index (χ2v) is 8.93. The molecule has 4 aromatic rings. The first kappa shape index (κ1) is 18.7. The van der Waals surface area contributed by atoms with Crippen LogP contribution in [0.4, 0.5) is 5.13 Å². The lowest BCUT2D eigenvalue weighted by atomic mass is 10.2. The summed E-state index contributed by atoms with van der Waals surface area (Å²) in [6.07, 6.45) is 0. The Kier molecular flexibility index (Phi) is 4.94. The number of anilines is 1. The summed E-state index contributed by atoms with van der Waals surface area (Å²) in [5, 5.41) is 13.3. The number of rotatable bonds is 5. The van der Waals surface area contributed by atoms with Crippen molar-refractivity contribution in [1.82, 2.24) is 19.7 Å². The maximum absolute atomic E-state index is 12.5. The summed E-state index contributed by atoms with van der Waals surface area (Å²) in [6, 6.07) is 9.74. The number of fused-ring (bicyclic) bond motifs is 1. The molecule has 28 heavy (non-hydrogen) atoms. The summed E-state index contributed by atoms with van der Waals surface area (Å²) < 4.78 is 7.71. The van der Waals surface area contributed by atoms with Gasteiger partial charge in [-0.1, -0.05) is 30.0 Å². The molecule has 0 saturated carbocycles. The second kappa shape index (κ2) is 7.40. The summed E-state index contributed by atoms with van der Waals surface area (Å²) in [6.45, 7) is 5.75. The minimum absolute atomic E-state index is 0.118. The number of nitrogens with zero attached hydrogens (tertiary/aromatic N) is 4. The normalized spacial score (nSPS) is 12.4. The molecule has 0 aliphatic heterocycles. The third-order valence-electron chi connectivity index (χ3n) is 4.39. The number of hydrogen-bond donors (Lipinski definition) is 1. The van der Waals surface area contributed by atoms with E-state index in [1.54, 1.807) is 0 Å². The Morgan fingerprint density at radius 2 is 2.07 bits per heavy atom. The molecule has 0 spiro atoms.